The summed E-state index contributed by atoms with van der Waals surface area (Å²) in [6, 6.07) is 1.93. The Hall–Kier alpha value is -1.85. The number of amides is 1. The fourth-order valence-electron chi connectivity index (χ4n) is 3.39. The summed E-state index contributed by atoms with van der Waals surface area (Å²) in [5, 5.41) is 0. The minimum atomic E-state index is 0.0326. The Morgan fingerprint density at radius 1 is 1.25 bits per heavy atom. The second-order valence-corrected chi connectivity index (χ2v) is 7.23. The van der Waals surface area contributed by atoms with Crippen molar-refractivity contribution in [1.29, 1.82) is 0 Å². The first-order valence-electron chi connectivity index (χ1n) is 9.13. The van der Waals surface area contributed by atoms with Crippen LogP contribution in [0.1, 0.15) is 46.0 Å². The Bertz CT molecular complexity index is 558. The second-order valence-electron chi connectivity index (χ2n) is 7.23. The normalized spacial score (nSPS) is 21.4. The molecule has 6 nitrogen and oxygen atoms in total. The van der Waals surface area contributed by atoms with Gasteiger partial charge in [0.1, 0.15) is 18.2 Å². The number of rotatable bonds is 5. The Morgan fingerprint density at radius 3 is 2.79 bits per heavy atom. The largest absolute Gasteiger partial charge is 0.472 e. The van der Waals surface area contributed by atoms with E-state index < -0.39 is 0 Å². The summed E-state index contributed by atoms with van der Waals surface area (Å²) in [5.41, 5.74) is 0. The van der Waals surface area contributed by atoms with Crippen molar-refractivity contribution < 1.29 is 9.53 Å². The van der Waals surface area contributed by atoms with Gasteiger partial charge in [0.2, 0.25) is 11.8 Å². The molecule has 0 N–H and O–H groups in total. The van der Waals surface area contributed by atoms with E-state index in [4.69, 9.17) is 4.74 Å². The highest BCUT2D eigenvalue weighted by atomic mass is 16.5. The third-order valence-corrected chi connectivity index (χ3v) is 4.68. The van der Waals surface area contributed by atoms with Gasteiger partial charge in [-0.05, 0) is 25.2 Å². The van der Waals surface area contributed by atoms with Crippen LogP contribution in [0.2, 0.25) is 0 Å². The zero-order valence-corrected chi connectivity index (χ0v) is 14.8. The van der Waals surface area contributed by atoms with Gasteiger partial charge in [-0.2, -0.15) is 0 Å². The zero-order valence-electron chi connectivity index (χ0n) is 14.8. The lowest BCUT2D eigenvalue weighted by atomic mass is 10.1. The predicted octanol–water partition coefficient (Wildman–Crippen LogP) is 2.49. The van der Waals surface area contributed by atoms with E-state index in [-0.39, 0.29) is 12.0 Å². The van der Waals surface area contributed by atoms with E-state index in [1.807, 2.05) is 11.0 Å². The number of carbonyl (C=O) groups is 1. The number of nitrogens with zero attached hydrogens (tertiary/aromatic N) is 4. The molecule has 1 aromatic rings. The first-order valence-corrected chi connectivity index (χ1v) is 9.13. The van der Waals surface area contributed by atoms with Gasteiger partial charge >= 0.3 is 0 Å². The summed E-state index contributed by atoms with van der Waals surface area (Å²) in [5.74, 6) is 2.19. The van der Waals surface area contributed by atoms with Gasteiger partial charge in [-0.15, -0.1) is 0 Å². The molecule has 0 bridgehead atoms. The molecule has 1 aromatic heterocycles. The summed E-state index contributed by atoms with van der Waals surface area (Å²) >= 11 is 0. The quantitative estimate of drug-likeness (QED) is 0.829. The minimum absolute atomic E-state index is 0.0326. The van der Waals surface area contributed by atoms with Gasteiger partial charge in [0, 0.05) is 38.5 Å². The van der Waals surface area contributed by atoms with E-state index in [2.05, 4.69) is 28.7 Å². The molecule has 2 fully saturated rings. The molecule has 2 saturated heterocycles. The van der Waals surface area contributed by atoms with Crippen molar-refractivity contribution in [3.8, 4) is 5.88 Å². The molecule has 0 aromatic carbocycles. The molecular weight excluding hydrogens is 304 g/mol. The highest BCUT2D eigenvalue weighted by Gasteiger charge is 2.28. The molecule has 1 amide bonds. The number of hydrogen-bond acceptors (Lipinski definition) is 5. The maximum atomic E-state index is 12.2. The molecule has 1 atom stereocenters. The van der Waals surface area contributed by atoms with Crippen molar-refractivity contribution in [2.24, 2.45) is 5.92 Å². The lowest BCUT2D eigenvalue weighted by molar-refractivity contribution is -0.131. The molecular formula is C18H28N4O2. The Kier molecular flexibility index (Phi) is 5.53. The average molecular weight is 332 g/mol. The summed E-state index contributed by atoms with van der Waals surface area (Å²) in [7, 11) is 0. The summed E-state index contributed by atoms with van der Waals surface area (Å²) in [6.45, 7) is 7.69. The fraction of sp³-hybridized carbons (Fsp3) is 0.722. The first kappa shape index (κ1) is 17.0. The van der Waals surface area contributed by atoms with Crippen LogP contribution in [0.3, 0.4) is 0 Å². The monoisotopic (exact) mass is 332 g/mol. The number of carbonyl (C=O) groups excluding carboxylic acids is 1. The van der Waals surface area contributed by atoms with Crippen molar-refractivity contribution >= 4 is 11.7 Å². The first-order chi connectivity index (χ1) is 11.6. The van der Waals surface area contributed by atoms with Gasteiger partial charge in [0.05, 0.1) is 6.54 Å². The van der Waals surface area contributed by atoms with Gasteiger partial charge in [-0.1, -0.05) is 13.8 Å². The maximum absolute atomic E-state index is 12.2. The van der Waals surface area contributed by atoms with Crippen LogP contribution >= 0.6 is 0 Å². The number of anilines is 1. The minimum Gasteiger partial charge on any atom is -0.472 e. The smallest absolute Gasteiger partial charge is 0.222 e. The van der Waals surface area contributed by atoms with Gasteiger partial charge in [-0.25, -0.2) is 9.97 Å². The molecule has 1 unspecified atom stereocenters. The number of aromatic nitrogens is 2. The van der Waals surface area contributed by atoms with Crippen molar-refractivity contribution in [3.63, 3.8) is 0 Å². The SMILES string of the molecule is CC(C)CC(=O)N1CCC(Oc2cc(N3CCCCC3)ncn2)C1. The molecule has 6 heteroatoms. The molecule has 0 aliphatic carbocycles. The molecule has 3 rings (SSSR count). The van der Waals surface area contributed by atoms with Crippen LogP contribution in [0.25, 0.3) is 0 Å². The van der Waals surface area contributed by atoms with Crippen LogP contribution in [-0.4, -0.2) is 53.1 Å². The van der Waals surface area contributed by atoms with E-state index in [0.29, 0.717) is 24.8 Å². The third kappa shape index (κ3) is 4.36. The number of hydrogen-bond donors (Lipinski definition) is 0. The Labute approximate surface area is 144 Å². The zero-order chi connectivity index (χ0) is 16.9. The van der Waals surface area contributed by atoms with Gasteiger partial charge < -0.3 is 14.5 Å². The van der Waals surface area contributed by atoms with Crippen LogP contribution < -0.4 is 9.64 Å². The summed E-state index contributed by atoms with van der Waals surface area (Å²) < 4.78 is 6.02. The van der Waals surface area contributed by atoms with Crippen molar-refractivity contribution in [2.45, 2.75) is 52.1 Å². The number of ether oxygens (including phenoxy) is 1. The van der Waals surface area contributed by atoms with Crippen molar-refractivity contribution in [1.82, 2.24) is 14.9 Å². The molecule has 2 aliphatic rings. The van der Waals surface area contributed by atoms with Crippen LogP contribution in [0.15, 0.2) is 12.4 Å². The molecule has 24 heavy (non-hydrogen) atoms. The molecule has 0 radical (unpaired) electrons. The molecule has 2 aliphatic heterocycles. The van der Waals surface area contributed by atoms with Crippen LogP contribution in [0.4, 0.5) is 5.82 Å². The second kappa shape index (κ2) is 7.81. The molecule has 0 spiro atoms. The standard InChI is InChI=1S/C18H28N4O2/c1-14(2)10-18(23)22-9-6-15(12-22)24-17-11-16(19-13-20-17)21-7-4-3-5-8-21/h11,13-15H,3-10,12H2,1-2H3. The average Bonchev–Trinajstić information content (AvgIpc) is 3.04. The topological polar surface area (TPSA) is 58.6 Å². The third-order valence-electron chi connectivity index (χ3n) is 4.68. The van der Waals surface area contributed by atoms with Crippen molar-refractivity contribution in [2.75, 3.05) is 31.1 Å². The molecule has 3 heterocycles. The van der Waals surface area contributed by atoms with Crippen LogP contribution in [-0.2, 0) is 4.79 Å². The van der Waals surface area contributed by atoms with Crippen LogP contribution in [0, 0.1) is 5.92 Å². The van der Waals surface area contributed by atoms with E-state index in [9.17, 15) is 4.79 Å². The van der Waals surface area contributed by atoms with E-state index in [1.54, 1.807) is 6.33 Å². The van der Waals surface area contributed by atoms with E-state index in [1.165, 1.54) is 19.3 Å². The fourth-order valence-corrected chi connectivity index (χ4v) is 3.39. The molecule has 0 saturated carbocycles. The van der Waals surface area contributed by atoms with Crippen LogP contribution in [0.5, 0.6) is 5.88 Å². The van der Waals surface area contributed by atoms with E-state index >= 15 is 0 Å². The lowest BCUT2D eigenvalue weighted by Crippen LogP contribution is -2.32. The Morgan fingerprint density at radius 2 is 2.04 bits per heavy atom. The Balaban J connectivity index is 1.56. The molecule has 132 valence electrons. The summed E-state index contributed by atoms with van der Waals surface area (Å²) in [6.07, 6.45) is 6.83. The maximum Gasteiger partial charge on any atom is 0.222 e. The highest BCUT2D eigenvalue weighted by Crippen LogP contribution is 2.23. The highest BCUT2D eigenvalue weighted by molar-refractivity contribution is 5.76. The van der Waals surface area contributed by atoms with Gasteiger partial charge in [0.25, 0.3) is 0 Å². The van der Waals surface area contributed by atoms with E-state index in [0.717, 1.165) is 31.9 Å². The predicted molar refractivity (Wildman–Crippen MR) is 93.2 cm³/mol. The van der Waals surface area contributed by atoms with Crippen molar-refractivity contribution in [3.05, 3.63) is 12.4 Å². The van der Waals surface area contributed by atoms with Gasteiger partial charge in [0.15, 0.2) is 0 Å². The summed E-state index contributed by atoms with van der Waals surface area (Å²) in [4.78, 5) is 25.0. The lowest BCUT2D eigenvalue weighted by Gasteiger charge is -2.27. The number of likely N-dealkylation sites (tertiary alicyclic amines) is 1. The van der Waals surface area contributed by atoms with Gasteiger partial charge in [-0.3, -0.25) is 4.79 Å². The number of piperidine rings is 1.